The Labute approximate surface area is 119 Å². The van der Waals surface area contributed by atoms with Crippen molar-refractivity contribution >= 4 is 5.97 Å². The molecule has 20 heavy (non-hydrogen) atoms. The van der Waals surface area contributed by atoms with Crippen LogP contribution in [0.4, 0.5) is 0 Å². The second kappa shape index (κ2) is 8.09. The molecule has 0 saturated heterocycles. The molecule has 0 spiro atoms. The molecule has 1 heterocycles. The smallest absolute Gasteiger partial charge is 0.360 e. The summed E-state index contributed by atoms with van der Waals surface area (Å²) < 4.78 is 6.48. The Morgan fingerprint density at radius 3 is 2.75 bits per heavy atom. The van der Waals surface area contributed by atoms with E-state index in [2.05, 4.69) is 16.4 Å². The highest BCUT2D eigenvalue weighted by atomic mass is 16.5. The van der Waals surface area contributed by atoms with Crippen molar-refractivity contribution in [1.82, 2.24) is 15.0 Å². The van der Waals surface area contributed by atoms with Crippen molar-refractivity contribution in [3.05, 3.63) is 47.3 Å². The van der Waals surface area contributed by atoms with Crippen molar-refractivity contribution in [2.45, 2.75) is 34.2 Å². The van der Waals surface area contributed by atoms with Crippen LogP contribution < -0.4 is 0 Å². The summed E-state index contributed by atoms with van der Waals surface area (Å²) in [6, 6.07) is 8.12. The summed E-state index contributed by atoms with van der Waals surface area (Å²) in [5.74, 6) is -0.437. The molecule has 5 heteroatoms. The van der Waals surface area contributed by atoms with Crippen molar-refractivity contribution in [3.8, 4) is 0 Å². The number of benzene rings is 1. The molecule has 0 amide bonds. The van der Waals surface area contributed by atoms with Gasteiger partial charge in [0.25, 0.3) is 0 Å². The van der Waals surface area contributed by atoms with E-state index in [4.69, 9.17) is 4.74 Å². The van der Waals surface area contributed by atoms with Crippen molar-refractivity contribution in [2.24, 2.45) is 0 Å². The van der Waals surface area contributed by atoms with E-state index < -0.39 is 5.97 Å². The molecular formula is C15H21N3O2. The van der Waals surface area contributed by atoms with E-state index in [1.54, 1.807) is 17.8 Å². The summed E-state index contributed by atoms with van der Waals surface area (Å²) in [7, 11) is 0. The lowest BCUT2D eigenvalue weighted by Crippen LogP contribution is -2.05. The van der Waals surface area contributed by atoms with Gasteiger partial charge in [-0.1, -0.05) is 48.9 Å². The van der Waals surface area contributed by atoms with Gasteiger partial charge in [0.2, 0.25) is 0 Å². The zero-order valence-corrected chi connectivity index (χ0v) is 12.5. The maximum atomic E-state index is 11.4. The van der Waals surface area contributed by atoms with Crippen molar-refractivity contribution in [3.63, 3.8) is 0 Å². The Morgan fingerprint density at radius 1 is 1.35 bits per heavy atom. The van der Waals surface area contributed by atoms with E-state index in [9.17, 15) is 4.79 Å². The Hall–Kier alpha value is -2.17. The number of hydrogen-bond donors (Lipinski definition) is 0. The second-order valence-electron chi connectivity index (χ2n) is 4.01. The number of rotatable bonds is 4. The lowest BCUT2D eigenvalue weighted by molar-refractivity contribution is 0.0519. The van der Waals surface area contributed by atoms with Gasteiger partial charge in [-0.15, -0.1) is 5.10 Å². The van der Waals surface area contributed by atoms with Crippen molar-refractivity contribution < 1.29 is 9.53 Å². The van der Waals surface area contributed by atoms with Crippen LogP contribution in [0.3, 0.4) is 0 Å². The topological polar surface area (TPSA) is 57.0 Å². The molecule has 2 rings (SSSR count). The minimum Gasteiger partial charge on any atom is -0.461 e. The maximum Gasteiger partial charge on any atom is 0.360 e. The predicted molar refractivity (Wildman–Crippen MR) is 77.6 cm³/mol. The zero-order chi connectivity index (χ0) is 15.0. The first-order chi connectivity index (χ1) is 9.69. The molecule has 0 saturated carbocycles. The van der Waals surface area contributed by atoms with Crippen LogP contribution in [0.5, 0.6) is 0 Å². The molecule has 1 aromatic heterocycles. The molecule has 0 radical (unpaired) electrons. The molecule has 0 aliphatic carbocycles. The number of aryl methyl sites for hydroxylation is 1. The fraction of sp³-hybridized carbons (Fsp3) is 0.400. The van der Waals surface area contributed by atoms with Gasteiger partial charge in [0.05, 0.1) is 19.3 Å². The van der Waals surface area contributed by atoms with Gasteiger partial charge in [0, 0.05) is 0 Å². The summed E-state index contributed by atoms with van der Waals surface area (Å²) in [6.07, 6.45) is 1.60. The molecule has 0 fully saturated rings. The number of aromatic nitrogens is 3. The molecule has 2 aromatic rings. The molecule has 0 atom stereocenters. The average Bonchev–Trinajstić information content (AvgIpc) is 2.90. The van der Waals surface area contributed by atoms with Crippen LogP contribution in [0.15, 0.2) is 30.5 Å². The van der Waals surface area contributed by atoms with E-state index in [0.29, 0.717) is 13.2 Å². The van der Waals surface area contributed by atoms with Gasteiger partial charge in [0.1, 0.15) is 0 Å². The van der Waals surface area contributed by atoms with Gasteiger partial charge >= 0.3 is 5.97 Å². The molecule has 0 aliphatic heterocycles. The monoisotopic (exact) mass is 275 g/mol. The summed E-state index contributed by atoms with van der Waals surface area (Å²) in [5, 5.41) is 7.70. The third-order valence-electron chi connectivity index (χ3n) is 2.45. The molecule has 108 valence electrons. The quantitative estimate of drug-likeness (QED) is 0.805. The molecule has 0 bridgehead atoms. The number of esters is 1. The fourth-order valence-electron chi connectivity index (χ4n) is 1.67. The highest BCUT2D eigenvalue weighted by molar-refractivity contribution is 5.86. The Morgan fingerprint density at radius 2 is 2.10 bits per heavy atom. The summed E-state index contributed by atoms with van der Waals surface area (Å²) in [4.78, 5) is 11.4. The van der Waals surface area contributed by atoms with Gasteiger partial charge in [-0.25, -0.2) is 9.48 Å². The Bertz CT molecular complexity index is 550. The molecule has 1 aromatic carbocycles. The summed E-state index contributed by atoms with van der Waals surface area (Å²) in [6.45, 7) is 8.72. The van der Waals surface area contributed by atoms with Gasteiger partial charge < -0.3 is 4.74 Å². The fourth-order valence-corrected chi connectivity index (χ4v) is 1.67. The molecule has 0 N–H and O–H groups in total. The Balaban J connectivity index is 0.000000956. The first-order valence-corrected chi connectivity index (χ1v) is 6.82. The maximum absolute atomic E-state index is 11.4. The lowest BCUT2D eigenvalue weighted by Gasteiger charge is -2.01. The predicted octanol–water partition coefficient (Wildman–Crippen LogP) is 2.84. The third-order valence-corrected chi connectivity index (χ3v) is 2.45. The second-order valence-corrected chi connectivity index (χ2v) is 4.01. The molecule has 0 unspecified atom stereocenters. The van der Waals surface area contributed by atoms with E-state index in [1.165, 1.54) is 5.56 Å². The standard InChI is InChI=1S/C13H15N3O2.C2H6/c1-3-18-13(17)12-9-16(15-14-12)8-11-6-4-5-10(2)7-11;1-2/h4-7,9H,3,8H2,1-2H3;1-2H3. The minimum absolute atomic E-state index is 0.240. The van der Waals surface area contributed by atoms with Gasteiger partial charge in [-0.2, -0.15) is 0 Å². The lowest BCUT2D eigenvalue weighted by atomic mass is 10.1. The van der Waals surface area contributed by atoms with E-state index in [0.717, 1.165) is 5.56 Å². The average molecular weight is 275 g/mol. The number of carbonyl (C=O) groups excluding carboxylic acids is 1. The molecular weight excluding hydrogens is 254 g/mol. The SMILES string of the molecule is CC.CCOC(=O)c1cn(Cc2cccc(C)c2)nn1. The van der Waals surface area contributed by atoms with E-state index in [1.807, 2.05) is 39.0 Å². The van der Waals surface area contributed by atoms with Crippen LogP contribution in [0.25, 0.3) is 0 Å². The first-order valence-electron chi connectivity index (χ1n) is 6.82. The van der Waals surface area contributed by atoms with Crippen LogP contribution in [-0.2, 0) is 11.3 Å². The first kappa shape index (κ1) is 15.9. The molecule has 5 nitrogen and oxygen atoms in total. The van der Waals surface area contributed by atoms with E-state index in [-0.39, 0.29) is 5.69 Å². The zero-order valence-electron chi connectivity index (χ0n) is 12.5. The van der Waals surface area contributed by atoms with Gasteiger partial charge in [0.15, 0.2) is 5.69 Å². The summed E-state index contributed by atoms with van der Waals surface area (Å²) in [5.41, 5.74) is 2.55. The van der Waals surface area contributed by atoms with Crippen LogP contribution in [0.2, 0.25) is 0 Å². The third kappa shape index (κ3) is 4.50. The largest absolute Gasteiger partial charge is 0.461 e. The van der Waals surface area contributed by atoms with Crippen LogP contribution in [-0.4, -0.2) is 27.6 Å². The molecule has 0 aliphatic rings. The number of nitrogens with zero attached hydrogens (tertiary/aromatic N) is 3. The van der Waals surface area contributed by atoms with Gasteiger partial charge in [-0.05, 0) is 19.4 Å². The highest BCUT2D eigenvalue weighted by Gasteiger charge is 2.11. The van der Waals surface area contributed by atoms with Crippen LogP contribution in [0.1, 0.15) is 42.4 Å². The number of ether oxygens (including phenoxy) is 1. The number of carbonyl (C=O) groups is 1. The van der Waals surface area contributed by atoms with E-state index >= 15 is 0 Å². The Kier molecular flexibility index (Phi) is 6.43. The number of hydrogen-bond acceptors (Lipinski definition) is 4. The minimum atomic E-state index is -0.437. The summed E-state index contributed by atoms with van der Waals surface area (Å²) >= 11 is 0. The highest BCUT2D eigenvalue weighted by Crippen LogP contribution is 2.06. The van der Waals surface area contributed by atoms with Crippen LogP contribution in [0, 0.1) is 6.92 Å². The van der Waals surface area contributed by atoms with Crippen molar-refractivity contribution in [2.75, 3.05) is 6.61 Å². The normalized spacial score (nSPS) is 9.60. The van der Waals surface area contributed by atoms with Crippen LogP contribution >= 0.6 is 0 Å². The van der Waals surface area contributed by atoms with Gasteiger partial charge in [-0.3, -0.25) is 0 Å². The van der Waals surface area contributed by atoms with Crippen molar-refractivity contribution in [1.29, 1.82) is 0 Å².